The number of rotatable bonds is 8. The monoisotopic (exact) mass is 570 g/mol. The molecule has 10 heteroatoms. The fourth-order valence-electron chi connectivity index (χ4n) is 8.08. The maximum atomic E-state index is 14.2. The van der Waals surface area contributed by atoms with Crippen molar-refractivity contribution in [2.24, 2.45) is 41.4 Å². The van der Waals surface area contributed by atoms with Crippen LogP contribution in [0.1, 0.15) is 83.8 Å². The summed E-state index contributed by atoms with van der Waals surface area (Å²) < 4.78 is 63.7. The molecule has 1 aliphatic heterocycles. The number of aryl methyl sites for hydroxylation is 1. The number of oxazole rings is 1. The molecule has 5 rings (SSSR count). The normalized spacial score (nSPS) is 36.2. The molecule has 0 spiro atoms. The number of carbonyl (C=O) groups excluding carboxylic acids is 1. The summed E-state index contributed by atoms with van der Waals surface area (Å²) in [6.45, 7) is 4.72. The van der Waals surface area contributed by atoms with Gasteiger partial charge in [-0.15, -0.1) is 0 Å². The van der Waals surface area contributed by atoms with Gasteiger partial charge < -0.3 is 15.1 Å². The highest BCUT2D eigenvalue weighted by Gasteiger charge is 2.50. The van der Waals surface area contributed by atoms with E-state index in [0.717, 1.165) is 25.7 Å². The predicted molar refractivity (Wildman–Crippen MR) is 143 cm³/mol. The second-order valence-electron chi connectivity index (χ2n) is 13.3. The fraction of sp³-hybridized carbons (Fsp3) is 0.867. The van der Waals surface area contributed by atoms with E-state index in [1.165, 1.54) is 0 Å². The van der Waals surface area contributed by atoms with E-state index in [1.807, 2.05) is 20.0 Å². The molecule has 2 heterocycles. The first kappa shape index (κ1) is 29.6. The molecule has 4 aliphatic rings. The lowest BCUT2D eigenvalue weighted by molar-refractivity contribution is -0.179. The minimum Gasteiger partial charge on any atom is -0.429 e. The third kappa shape index (κ3) is 6.79. The van der Waals surface area contributed by atoms with Crippen LogP contribution in [0.5, 0.6) is 0 Å². The fourth-order valence-corrected chi connectivity index (χ4v) is 8.08. The quantitative estimate of drug-likeness (QED) is 0.348. The molecular weight excluding hydrogens is 524 g/mol. The Morgan fingerprint density at radius 3 is 2.55 bits per heavy atom. The van der Waals surface area contributed by atoms with Crippen LogP contribution in [0.15, 0.2) is 10.6 Å². The Kier molecular flexibility index (Phi) is 9.03. The Morgan fingerprint density at radius 1 is 1.15 bits per heavy atom. The van der Waals surface area contributed by atoms with Gasteiger partial charge in [-0.3, -0.25) is 14.8 Å². The van der Waals surface area contributed by atoms with Crippen molar-refractivity contribution in [3.63, 3.8) is 0 Å². The summed E-state index contributed by atoms with van der Waals surface area (Å²) in [7, 11) is 0. The van der Waals surface area contributed by atoms with Crippen LogP contribution in [-0.2, 0) is 17.8 Å². The second kappa shape index (κ2) is 12.2. The minimum absolute atomic E-state index is 0.0162. The summed E-state index contributed by atoms with van der Waals surface area (Å²) in [4.78, 5) is 13.9. The van der Waals surface area contributed by atoms with Crippen molar-refractivity contribution in [2.75, 3.05) is 6.54 Å². The van der Waals surface area contributed by atoms with Crippen molar-refractivity contribution in [3.05, 3.63) is 17.6 Å². The van der Waals surface area contributed by atoms with Crippen LogP contribution in [-0.4, -0.2) is 41.5 Å². The van der Waals surface area contributed by atoms with Gasteiger partial charge in [0.05, 0.1) is 0 Å². The lowest BCUT2D eigenvalue weighted by atomic mass is 9.66. The lowest BCUT2D eigenvalue weighted by Crippen LogP contribution is -2.54. The van der Waals surface area contributed by atoms with Gasteiger partial charge in [0.25, 0.3) is 5.68 Å². The lowest BCUT2D eigenvalue weighted by Gasteiger charge is -2.44. The van der Waals surface area contributed by atoms with Gasteiger partial charge in [-0.1, -0.05) is 13.8 Å². The van der Waals surface area contributed by atoms with Crippen LogP contribution in [0.3, 0.4) is 0 Å². The van der Waals surface area contributed by atoms with Crippen molar-refractivity contribution in [2.45, 2.75) is 115 Å². The Balaban J connectivity index is 1.35. The topological polar surface area (TPSA) is 83.0 Å². The van der Waals surface area contributed by atoms with Crippen LogP contribution in [0, 0.1) is 46.8 Å². The standard InChI is InChI=1S/C30H46F4N4O2/c1-3-23-16-38(29(35)40-23)15-18-12-21(24-5-4-10-36-27(24)30(32,33)34)14-22(13-18)28(39)37-26(19-6-7-19)20-8-9-25(31)17(2)11-20/h16-22,24-27,35-36H,3-15H2,1-2H3,(H,37,39)/t17?,18?,20?,21?,22?,24?,25?,26-,27?/m0/s1. The number of nitrogens with zero attached hydrogens (tertiary/aromatic N) is 1. The molecule has 4 fully saturated rings. The van der Waals surface area contributed by atoms with E-state index in [2.05, 4.69) is 10.6 Å². The van der Waals surface area contributed by atoms with Crippen LogP contribution >= 0.6 is 0 Å². The van der Waals surface area contributed by atoms with Crippen molar-refractivity contribution in [1.29, 1.82) is 5.41 Å². The first-order chi connectivity index (χ1) is 19.0. The van der Waals surface area contributed by atoms with Crippen molar-refractivity contribution in [3.8, 4) is 0 Å². The molecule has 1 aromatic rings. The number of amides is 1. The molecule has 3 N–H and O–H groups in total. The Morgan fingerprint density at radius 2 is 1.90 bits per heavy atom. The summed E-state index contributed by atoms with van der Waals surface area (Å²) >= 11 is 0. The Labute approximate surface area is 234 Å². The molecular formula is C30H46F4N4O2. The first-order valence-electron chi connectivity index (χ1n) is 15.5. The van der Waals surface area contributed by atoms with Crippen LogP contribution in [0.25, 0.3) is 0 Å². The van der Waals surface area contributed by atoms with Gasteiger partial charge in [0, 0.05) is 31.1 Å². The van der Waals surface area contributed by atoms with E-state index in [9.17, 15) is 22.4 Å². The van der Waals surface area contributed by atoms with Gasteiger partial charge in [-0.2, -0.15) is 13.2 Å². The number of aromatic nitrogens is 1. The van der Waals surface area contributed by atoms with Gasteiger partial charge in [0.2, 0.25) is 5.91 Å². The number of nitrogens with one attached hydrogen (secondary N) is 3. The predicted octanol–water partition coefficient (Wildman–Crippen LogP) is 5.76. The van der Waals surface area contributed by atoms with Crippen molar-refractivity contribution >= 4 is 5.91 Å². The van der Waals surface area contributed by atoms with E-state index in [0.29, 0.717) is 69.7 Å². The summed E-state index contributed by atoms with van der Waals surface area (Å²) in [5.41, 5.74) is 0.0406. The molecule has 1 amide bonds. The molecule has 40 heavy (non-hydrogen) atoms. The Hall–Kier alpha value is -1.84. The third-order valence-electron chi connectivity index (χ3n) is 10.3. The molecule has 0 bridgehead atoms. The average molecular weight is 571 g/mol. The number of halogens is 4. The Bertz CT molecular complexity index is 1070. The van der Waals surface area contributed by atoms with E-state index >= 15 is 0 Å². The number of piperidine rings is 1. The summed E-state index contributed by atoms with van der Waals surface area (Å²) in [6, 6.07) is -1.53. The summed E-state index contributed by atoms with van der Waals surface area (Å²) in [6.07, 6.45) is 4.39. The van der Waals surface area contributed by atoms with E-state index < -0.39 is 24.3 Å². The van der Waals surface area contributed by atoms with Crippen molar-refractivity contribution in [1.82, 2.24) is 15.2 Å². The maximum Gasteiger partial charge on any atom is 0.404 e. The molecule has 1 aromatic heterocycles. The molecule has 226 valence electrons. The highest BCUT2D eigenvalue weighted by atomic mass is 19.4. The smallest absolute Gasteiger partial charge is 0.404 e. The number of hydrogen-bond donors (Lipinski definition) is 3. The zero-order valence-corrected chi connectivity index (χ0v) is 23.8. The highest BCUT2D eigenvalue weighted by Crippen LogP contribution is 2.46. The van der Waals surface area contributed by atoms with Crippen LogP contribution in [0.4, 0.5) is 17.6 Å². The first-order valence-corrected chi connectivity index (χ1v) is 15.5. The summed E-state index contributed by atoms with van der Waals surface area (Å²) in [5.74, 6) is 0.112. The van der Waals surface area contributed by atoms with E-state index in [4.69, 9.17) is 9.83 Å². The molecule has 0 aromatic carbocycles. The molecule has 8 unspecified atom stereocenters. The molecule has 3 aliphatic carbocycles. The molecule has 9 atom stereocenters. The highest BCUT2D eigenvalue weighted by molar-refractivity contribution is 5.79. The maximum absolute atomic E-state index is 14.2. The van der Waals surface area contributed by atoms with Crippen LogP contribution < -0.4 is 16.3 Å². The van der Waals surface area contributed by atoms with Gasteiger partial charge in [-0.05, 0) is 106 Å². The van der Waals surface area contributed by atoms with Crippen molar-refractivity contribution < 1.29 is 26.8 Å². The summed E-state index contributed by atoms with van der Waals surface area (Å²) in [5, 5.41) is 14.3. The van der Waals surface area contributed by atoms with Gasteiger partial charge in [-0.25, -0.2) is 4.39 Å². The van der Waals surface area contributed by atoms with E-state index in [1.54, 1.807) is 4.57 Å². The number of hydrogen-bond acceptors (Lipinski definition) is 4. The SMILES string of the molecule is CCc1cn(CC2CC(C(=O)N[C@@H](C3CC3)C3CCC(F)C(C)C3)CC(C3CCCNC3C(F)(F)F)C2)c(=N)o1. The minimum atomic E-state index is -4.33. The average Bonchev–Trinajstić information content (AvgIpc) is 3.71. The molecule has 6 nitrogen and oxygen atoms in total. The molecule has 1 saturated heterocycles. The zero-order chi connectivity index (χ0) is 28.6. The van der Waals surface area contributed by atoms with E-state index in [-0.39, 0.29) is 47.2 Å². The van der Waals surface area contributed by atoms with Gasteiger partial charge >= 0.3 is 6.18 Å². The van der Waals surface area contributed by atoms with Crippen LogP contribution in [0.2, 0.25) is 0 Å². The largest absolute Gasteiger partial charge is 0.429 e. The molecule has 0 radical (unpaired) electrons. The second-order valence-corrected chi connectivity index (χ2v) is 13.3. The third-order valence-corrected chi connectivity index (χ3v) is 10.3. The number of carbonyl (C=O) groups is 1. The van der Waals surface area contributed by atoms with Gasteiger partial charge in [0.15, 0.2) is 0 Å². The van der Waals surface area contributed by atoms with Gasteiger partial charge in [0.1, 0.15) is 18.0 Å². The number of alkyl halides is 4. The zero-order valence-electron chi connectivity index (χ0n) is 23.8. The molecule has 3 saturated carbocycles.